The Kier molecular flexibility index (Phi) is 7.69. The van der Waals surface area contributed by atoms with Crippen molar-refractivity contribution in [2.75, 3.05) is 6.54 Å². The third-order valence-electron chi connectivity index (χ3n) is 4.53. The molecule has 0 fully saturated rings. The minimum Gasteiger partial charge on any atom is -0.390 e. The molecule has 0 aliphatic carbocycles. The fourth-order valence-electron chi connectivity index (χ4n) is 3.01. The van der Waals surface area contributed by atoms with Crippen molar-refractivity contribution in [3.63, 3.8) is 0 Å². The maximum absolute atomic E-state index is 13.5. The zero-order valence-electron chi connectivity index (χ0n) is 16.1. The Labute approximate surface area is 172 Å². The molecule has 4 nitrogen and oxygen atoms in total. The molecule has 2 aromatic rings. The maximum Gasteiger partial charge on any atom is 0.217 e. The normalized spacial score (nSPS) is 13.8. The van der Waals surface area contributed by atoms with Crippen LogP contribution >= 0.6 is 15.9 Å². The van der Waals surface area contributed by atoms with Crippen molar-refractivity contribution in [1.29, 1.82) is 0 Å². The Morgan fingerprint density at radius 2 is 1.82 bits per heavy atom. The van der Waals surface area contributed by atoms with Gasteiger partial charge in [-0.1, -0.05) is 28.1 Å². The van der Waals surface area contributed by atoms with Gasteiger partial charge in [-0.05, 0) is 55.7 Å². The summed E-state index contributed by atoms with van der Waals surface area (Å²) in [5.74, 6) is -1.72. The van der Waals surface area contributed by atoms with E-state index in [4.69, 9.17) is 0 Å². The van der Waals surface area contributed by atoms with E-state index in [0.717, 1.165) is 16.1 Å². The fourth-order valence-corrected chi connectivity index (χ4v) is 3.41. The van der Waals surface area contributed by atoms with Gasteiger partial charge in [-0.3, -0.25) is 4.79 Å². The highest BCUT2D eigenvalue weighted by Gasteiger charge is 2.26. The summed E-state index contributed by atoms with van der Waals surface area (Å²) in [4.78, 5) is 11.5. The molecular weight excluding hydrogens is 430 g/mol. The molecule has 152 valence electrons. The molecule has 28 heavy (non-hydrogen) atoms. The number of carbonyl (C=O) groups excluding carboxylic acids is 1. The van der Waals surface area contributed by atoms with Crippen molar-refractivity contribution in [2.24, 2.45) is 0 Å². The molecule has 2 aromatic carbocycles. The Hall–Kier alpha value is -1.83. The van der Waals surface area contributed by atoms with Crippen molar-refractivity contribution < 1.29 is 18.7 Å². The van der Waals surface area contributed by atoms with E-state index in [1.165, 1.54) is 19.1 Å². The predicted molar refractivity (Wildman–Crippen MR) is 109 cm³/mol. The molecule has 0 heterocycles. The lowest BCUT2D eigenvalue weighted by atomic mass is 9.93. The molecule has 0 saturated carbocycles. The van der Waals surface area contributed by atoms with E-state index in [1.54, 1.807) is 0 Å². The third-order valence-corrected chi connectivity index (χ3v) is 5.02. The fraction of sp³-hybridized carbons (Fsp3) is 0.381. The summed E-state index contributed by atoms with van der Waals surface area (Å²) in [5, 5.41) is 16.6. The second-order valence-electron chi connectivity index (χ2n) is 7.37. The second-order valence-corrected chi connectivity index (χ2v) is 8.29. The van der Waals surface area contributed by atoms with E-state index >= 15 is 0 Å². The van der Waals surface area contributed by atoms with Crippen LogP contribution in [0.5, 0.6) is 0 Å². The second kappa shape index (κ2) is 9.58. The molecule has 0 unspecified atom stereocenters. The summed E-state index contributed by atoms with van der Waals surface area (Å²) in [7, 11) is 0. The zero-order valence-corrected chi connectivity index (χ0v) is 17.7. The number of aliphatic hydroxyl groups excluding tert-OH is 1. The summed E-state index contributed by atoms with van der Waals surface area (Å²) in [6.07, 6.45) is -0.851. The Morgan fingerprint density at radius 1 is 1.18 bits per heavy atom. The van der Waals surface area contributed by atoms with Crippen LogP contribution in [0.4, 0.5) is 8.78 Å². The molecule has 0 aliphatic rings. The van der Waals surface area contributed by atoms with Gasteiger partial charge in [0, 0.05) is 29.5 Å². The van der Waals surface area contributed by atoms with Crippen LogP contribution in [0.2, 0.25) is 0 Å². The number of halogens is 3. The summed E-state index contributed by atoms with van der Waals surface area (Å²) in [6, 6.07) is 10.3. The molecule has 3 N–H and O–H groups in total. The number of carbonyl (C=O) groups is 1. The van der Waals surface area contributed by atoms with Gasteiger partial charge in [0.1, 0.15) is 11.6 Å². The van der Waals surface area contributed by atoms with Gasteiger partial charge >= 0.3 is 0 Å². The van der Waals surface area contributed by atoms with Gasteiger partial charge in [0.25, 0.3) is 0 Å². The third kappa shape index (κ3) is 6.65. The van der Waals surface area contributed by atoms with Crippen LogP contribution in [-0.4, -0.2) is 29.7 Å². The molecule has 2 atom stereocenters. The van der Waals surface area contributed by atoms with Crippen LogP contribution in [0.15, 0.2) is 46.9 Å². The van der Waals surface area contributed by atoms with Crippen LogP contribution in [0.1, 0.15) is 31.9 Å². The molecule has 0 aliphatic heterocycles. The van der Waals surface area contributed by atoms with E-state index in [-0.39, 0.29) is 18.9 Å². The first kappa shape index (κ1) is 22.5. The van der Waals surface area contributed by atoms with E-state index in [2.05, 4.69) is 26.6 Å². The predicted octanol–water partition coefficient (Wildman–Crippen LogP) is 3.66. The number of aliphatic hydroxyl groups is 1. The lowest BCUT2D eigenvalue weighted by Gasteiger charge is -2.31. The molecule has 7 heteroatoms. The average Bonchev–Trinajstić information content (AvgIpc) is 2.58. The van der Waals surface area contributed by atoms with E-state index in [0.29, 0.717) is 5.56 Å². The van der Waals surface area contributed by atoms with Crippen LogP contribution < -0.4 is 10.6 Å². The van der Waals surface area contributed by atoms with Gasteiger partial charge in [-0.15, -0.1) is 0 Å². The summed E-state index contributed by atoms with van der Waals surface area (Å²) in [6.45, 7) is 5.49. The van der Waals surface area contributed by atoms with Crippen molar-refractivity contribution in [3.8, 4) is 0 Å². The summed E-state index contributed by atoms with van der Waals surface area (Å²) in [5.41, 5.74) is 0.954. The summed E-state index contributed by atoms with van der Waals surface area (Å²) >= 11 is 3.45. The van der Waals surface area contributed by atoms with Crippen molar-refractivity contribution in [3.05, 3.63) is 69.7 Å². The number of nitrogens with one attached hydrogen (secondary N) is 2. The number of hydrogen-bond donors (Lipinski definition) is 3. The van der Waals surface area contributed by atoms with Gasteiger partial charge < -0.3 is 15.7 Å². The SMILES string of the molecule is CC(=O)N[C@@H](Cc1cc(F)cc(F)c1)[C@@H](O)CNC(C)(C)c1cccc(Br)c1. The summed E-state index contributed by atoms with van der Waals surface area (Å²) < 4.78 is 27.9. The lowest BCUT2D eigenvalue weighted by Crippen LogP contribution is -2.51. The standard InChI is InChI=1S/C21H25BrF2N2O2/c1-13(27)26-19(9-14-7-17(23)11-18(24)8-14)20(28)12-25-21(2,3)15-5-4-6-16(22)10-15/h4-8,10-11,19-20,25,28H,9,12H2,1-3H3,(H,26,27)/t19-,20-/m0/s1. The molecular formula is C21H25BrF2N2O2. The highest BCUT2D eigenvalue weighted by atomic mass is 79.9. The number of benzene rings is 2. The van der Waals surface area contributed by atoms with Crippen molar-refractivity contribution in [1.82, 2.24) is 10.6 Å². The number of hydrogen-bond acceptors (Lipinski definition) is 3. The highest BCUT2D eigenvalue weighted by Crippen LogP contribution is 2.23. The largest absolute Gasteiger partial charge is 0.390 e. The smallest absolute Gasteiger partial charge is 0.217 e. The molecule has 0 bridgehead atoms. The first-order valence-electron chi connectivity index (χ1n) is 8.98. The minimum absolute atomic E-state index is 0.106. The zero-order chi connectivity index (χ0) is 20.9. The minimum atomic E-state index is -0.957. The quantitative estimate of drug-likeness (QED) is 0.570. The number of amides is 1. The van der Waals surface area contributed by atoms with Gasteiger partial charge in [0.05, 0.1) is 12.1 Å². The monoisotopic (exact) mass is 454 g/mol. The van der Waals surface area contributed by atoms with Crippen LogP contribution in [-0.2, 0) is 16.8 Å². The molecule has 0 radical (unpaired) electrons. The molecule has 0 aromatic heterocycles. The average molecular weight is 455 g/mol. The highest BCUT2D eigenvalue weighted by molar-refractivity contribution is 9.10. The van der Waals surface area contributed by atoms with Gasteiger partial charge in [-0.2, -0.15) is 0 Å². The first-order chi connectivity index (χ1) is 13.1. The lowest BCUT2D eigenvalue weighted by molar-refractivity contribution is -0.120. The van der Waals surface area contributed by atoms with Crippen LogP contribution in [0.3, 0.4) is 0 Å². The van der Waals surface area contributed by atoms with Crippen LogP contribution in [0.25, 0.3) is 0 Å². The molecule has 0 saturated heterocycles. The van der Waals surface area contributed by atoms with E-state index in [9.17, 15) is 18.7 Å². The van der Waals surface area contributed by atoms with E-state index < -0.39 is 29.3 Å². The first-order valence-corrected chi connectivity index (χ1v) is 9.77. The Bertz CT molecular complexity index is 810. The topological polar surface area (TPSA) is 61.4 Å². The molecule has 1 amide bonds. The maximum atomic E-state index is 13.5. The van der Waals surface area contributed by atoms with Crippen molar-refractivity contribution in [2.45, 2.75) is 44.9 Å². The number of rotatable bonds is 8. The molecule has 2 rings (SSSR count). The van der Waals surface area contributed by atoms with Gasteiger partial charge in [-0.25, -0.2) is 8.78 Å². The van der Waals surface area contributed by atoms with Gasteiger partial charge in [0.2, 0.25) is 5.91 Å². The molecule has 0 spiro atoms. The Balaban J connectivity index is 2.09. The van der Waals surface area contributed by atoms with Crippen molar-refractivity contribution >= 4 is 21.8 Å². The van der Waals surface area contributed by atoms with E-state index in [1.807, 2.05) is 38.1 Å². The van der Waals surface area contributed by atoms with Gasteiger partial charge in [0.15, 0.2) is 0 Å². The van der Waals surface area contributed by atoms with Crippen LogP contribution in [0, 0.1) is 11.6 Å². The Morgan fingerprint density at radius 3 is 2.39 bits per heavy atom.